The molecule has 0 amide bonds. The lowest BCUT2D eigenvalue weighted by atomic mass is 9.79. The first kappa shape index (κ1) is 23.2. The van der Waals surface area contributed by atoms with E-state index in [0.717, 1.165) is 12.8 Å². The monoisotopic (exact) mass is 453 g/mol. The van der Waals surface area contributed by atoms with E-state index in [1.807, 2.05) is 30.0 Å². The smallest absolute Gasteiger partial charge is 0.226 e. The van der Waals surface area contributed by atoms with Gasteiger partial charge in [0, 0.05) is 34.8 Å². The summed E-state index contributed by atoms with van der Waals surface area (Å²) in [5.74, 6) is 1.85. The largest absolute Gasteiger partial charge is 0.507 e. The minimum atomic E-state index is -0.462. The van der Waals surface area contributed by atoms with Crippen molar-refractivity contribution in [3.63, 3.8) is 0 Å². The van der Waals surface area contributed by atoms with Crippen LogP contribution in [0.4, 0.5) is 10.2 Å². The Morgan fingerprint density at radius 2 is 1.85 bits per heavy atom. The van der Waals surface area contributed by atoms with Crippen LogP contribution in [0.3, 0.4) is 0 Å². The van der Waals surface area contributed by atoms with Crippen LogP contribution >= 0.6 is 0 Å². The molecule has 33 heavy (non-hydrogen) atoms. The van der Waals surface area contributed by atoms with Gasteiger partial charge in [-0.05, 0) is 77.8 Å². The van der Waals surface area contributed by atoms with Gasteiger partial charge in [-0.2, -0.15) is 0 Å². The van der Waals surface area contributed by atoms with E-state index in [1.54, 1.807) is 18.3 Å². The topological polar surface area (TPSA) is 87.3 Å². The number of aromatic nitrogens is 3. The molecule has 1 aromatic carbocycles. The summed E-state index contributed by atoms with van der Waals surface area (Å²) in [6.45, 7) is 10.3. The normalized spacial score (nSPS) is 17.8. The maximum Gasteiger partial charge on any atom is 0.226 e. The molecule has 1 saturated heterocycles. The molecular weight excluding hydrogens is 421 g/mol. The van der Waals surface area contributed by atoms with Gasteiger partial charge in [0.1, 0.15) is 18.2 Å². The fourth-order valence-corrected chi connectivity index (χ4v) is 5.06. The second-order valence-electron chi connectivity index (χ2n) is 10.1. The number of aryl methyl sites for hydroxylation is 1. The molecule has 1 aliphatic heterocycles. The first-order chi connectivity index (χ1) is 15.6. The van der Waals surface area contributed by atoms with Crippen molar-refractivity contribution in [1.29, 1.82) is 0 Å². The predicted octanol–water partition coefficient (Wildman–Crippen LogP) is 4.90. The first-order valence-electron chi connectivity index (χ1n) is 11.3. The molecule has 7 nitrogen and oxygen atoms in total. The molecule has 1 fully saturated rings. The number of alkyl halides is 1. The van der Waals surface area contributed by atoms with Crippen LogP contribution in [0.1, 0.15) is 46.3 Å². The minimum absolute atomic E-state index is 0.0628. The molecule has 3 heterocycles. The number of anilines is 1. The van der Waals surface area contributed by atoms with Crippen molar-refractivity contribution >= 4 is 5.82 Å². The van der Waals surface area contributed by atoms with Crippen LogP contribution in [0.15, 0.2) is 40.9 Å². The van der Waals surface area contributed by atoms with Crippen molar-refractivity contribution in [2.45, 2.75) is 64.6 Å². The van der Waals surface area contributed by atoms with E-state index < -0.39 is 6.67 Å². The molecule has 8 heteroatoms. The van der Waals surface area contributed by atoms with Gasteiger partial charge in [0.15, 0.2) is 5.82 Å². The second kappa shape index (κ2) is 8.74. The summed E-state index contributed by atoms with van der Waals surface area (Å²) in [4.78, 5) is 6.22. The fraction of sp³-hybridized carbons (Fsp3) is 0.480. The lowest BCUT2D eigenvalue weighted by molar-refractivity contribution is 0.157. The molecule has 2 aromatic heterocycles. The zero-order valence-corrected chi connectivity index (χ0v) is 19.9. The van der Waals surface area contributed by atoms with Crippen molar-refractivity contribution in [2.24, 2.45) is 0 Å². The lowest BCUT2D eigenvalue weighted by Gasteiger charge is -2.49. The zero-order valence-electron chi connectivity index (χ0n) is 19.9. The summed E-state index contributed by atoms with van der Waals surface area (Å²) in [5, 5.41) is 23.0. The van der Waals surface area contributed by atoms with E-state index in [2.05, 4.69) is 48.2 Å². The maximum atomic E-state index is 13.5. The van der Waals surface area contributed by atoms with Gasteiger partial charge in [0.2, 0.25) is 5.89 Å². The number of nitrogens with zero attached hydrogens (tertiary/aromatic N) is 4. The van der Waals surface area contributed by atoms with E-state index >= 15 is 0 Å². The van der Waals surface area contributed by atoms with Crippen molar-refractivity contribution in [3.8, 4) is 28.5 Å². The average Bonchev–Trinajstić information content (AvgIpc) is 3.16. The molecule has 3 aromatic rings. The highest BCUT2D eigenvalue weighted by molar-refractivity contribution is 5.71. The number of piperidine rings is 1. The third-order valence-electron chi connectivity index (χ3n) is 6.02. The van der Waals surface area contributed by atoms with Gasteiger partial charge in [-0.25, -0.2) is 9.37 Å². The molecule has 0 unspecified atom stereocenters. The van der Waals surface area contributed by atoms with E-state index in [0.29, 0.717) is 34.3 Å². The molecule has 0 radical (unpaired) electrons. The summed E-state index contributed by atoms with van der Waals surface area (Å²) in [6.07, 6.45) is 3.39. The first-order valence-corrected chi connectivity index (χ1v) is 11.3. The lowest BCUT2D eigenvalue weighted by Crippen LogP contribution is -2.62. The third kappa shape index (κ3) is 5.16. The standard InChI is InChI=1S/C25H32FN5O2/c1-16-15-27-23(33-16)17-6-7-19(21(32)12-17)20-8-9-22(29-28-20)31(11-10-26)18-13-24(2,3)30-25(4,5)14-18/h6-9,12,15,18,30,32H,10-11,13-14H2,1-5H3. The minimum Gasteiger partial charge on any atom is -0.507 e. The summed E-state index contributed by atoms with van der Waals surface area (Å²) in [6, 6.07) is 9.00. The van der Waals surface area contributed by atoms with Crippen LogP contribution in [-0.4, -0.2) is 50.6 Å². The number of rotatable bonds is 6. The SMILES string of the molecule is Cc1cnc(-c2ccc(-c3ccc(N(CCF)C4CC(C)(C)NC(C)(C)C4)nn3)c(O)c2)o1. The third-order valence-corrected chi connectivity index (χ3v) is 6.02. The van der Waals surface area contributed by atoms with Crippen molar-refractivity contribution in [3.05, 3.63) is 42.3 Å². The number of benzene rings is 1. The summed E-state index contributed by atoms with van der Waals surface area (Å²) < 4.78 is 19.0. The van der Waals surface area contributed by atoms with Gasteiger partial charge in [-0.1, -0.05) is 0 Å². The summed E-state index contributed by atoms with van der Waals surface area (Å²) in [7, 11) is 0. The van der Waals surface area contributed by atoms with Crippen molar-refractivity contribution in [1.82, 2.24) is 20.5 Å². The molecule has 1 aliphatic rings. The van der Waals surface area contributed by atoms with E-state index in [1.165, 1.54) is 0 Å². The Balaban J connectivity index is 1.59. The number of aromatic hydroxyl groups is 1. The quantitative estimate of drug-likeness (QED) is 0.549. The van der Waals surface area contributed by atoms with Crippen molar-refractivity contribution < 1.29 is 13.9 Å². The molecule has 0 spiro atoms. The summed E-state index contributed by atoms with van der Waals surface area (Å²) in [5.41, 5.74) is 1.64. The highest BCUT2D eigenvalue weighted by Crippen LogP contribution is 2.35. The highest BCUT2D eigenvalue weighted by atomic mass is 19.1. The van der Waals surface area contributed by atoms with Gasteiger partial charge in [-0.3, -0.25) is 0 Å². The number of hydrogen-bond acceptors (Lipinski definition) is 7. The molecule has 0 bridgehead atoms. The Morgan fingerprint density at radius 1 is 1.12 bits per heavy atom. The predicted molar refractivity (Wildman–Crippen MR) is 127 cm³/mol. The molecule has 0 atom stereocenters. The second-order valence-corrected chi connectivity index (χ2v) is 10.1. The van der Waals surface area contributed by atoms with Gasteiger partial charge < -0.3 is 19.7 Å². The Morgan fingerprint density at radius 3 is 2.39 bits per heavy atom. The van der Waals surface area contributed by atoms with Gasteiger partial charge >= 0.3 is 0 Å². The van der Waals surface area contributed by atoms with Crippen LogP contribution < -0.4 is 10.2 Å². The highest BCUT2D eigenvalue weighted by Gasteiger charge is 2.40. The number of halogens is 1. The molecule has 0 aliphatic carbocycles. The molecule has 2 N–H and O–H groups in total. The summed E-state index contributed by atoms with van der Waals surface area (Å²) >= 11 is 0. The van der Waals surface area contributed by atoms with Crippen LogP contribution in [0, 0.1) is 6.92 Å². The van der Waals surface area contributed by atoms with Crippen LogP contribution in [0.5, 0.6) is 5.75 Å². The van der Waals surface area contributed by atoms with Crippen molar-refractivity contribution in [2.75, 3.05) is 18.1 Å². The van der Waals surface area contributed by atoms with E-state index in [9.17, 15) is 9.50 Å². The van der Waals surface area contributed by atoms with Crippen LogP contribution in [-0.2, 0) is 0 Å². The number of hydrogen-bond donors (Lipinski definition) is 2. The van der Waals surface area contributed by atoms with Gasteiger partial charge in [0.05, 0.1) is 11.9 Å². The molecule has 0 saturated carbocycles. The maximum absolute atomic E-state index is 13.5. The zero-order chi connectivity index (χ0) is 23.8. The molecule has 176 valence electrons. The Kier molecular flexibility index (Phi) is 6.14. The average molecular weight is 454 g/mol. The number of phenolic OH excluding ortho intramolecular Hbond substituents is 1. The molecular formula is C25H32FN5O2. The van der Waals surface area contributed by atoms with Crippen LogP contribution in [0.25, 0.3) is 22.7 Å². The fourth-order valence-electron chi connectivity index (χ4n) is 5.06. The Labute approximate surface area is 194 Å². The van der Waals surface area contributed by atoms with Crippen LogP contribution in [0.2, 0.25) is 0 Å². The number of oxazole rings is 1. The Hall–Kier alpha value is -3.00. The molecule has 4 rings (SSSR count). The van der Waals surface area contributed by atoms with E-state index in [4.69, 9.17) is 4.42 Å². The van der Waals surface area contributed by atoms with Gasteiger partial charge in [-0.15, -0.1) is 10.2 Å². The number of nitrogens with one attached hydrogen (secondary N) is 1. The number of phenols is 1. The Bertz CT molecular complexity index is 1090. The van der Waals surface area contributed by atoms with Gasteiger partial charge in [0.25, 0.3) is 0 Å². The van der Waals surface area contributed by atoms with E-state index in [-0.39, 0.29) is 29.4 Å².